The lowest BCUT2D eigenvalue weighted by atomic mass is 10.2. The van der Waals surface area contributed by atoms with Gasteiger partial charge in [0.2, 0.25) is 0 Å². The molecule has 0 amide bonds. The van der Waals surface area contributed by atoms with Gasteiger partial charge in [0.1, 0.15) is 0 Å². The standard InChI is InChI=1S/C14H21IN2O/c1-12(18-2)11-16-7-9-17(10-8-16)14-5-3-13(15)4-6-14/h3-6,12H,7-11H2,1-2H3/t12-/m1/s1. The van der Waals surface area contributed by atoms with Crippen LogP contribution in [0.5, 0.6) is 0 Å². The van der Waals surface area contributed by atoms with Crippen LogP contribution in [-0.2, 0) is 4.74 Å². The van der Waals surface area contributed by atoms with Crippen LogP contribution in [0.4, 0.5) is 5.69 Å². The molecule has 0 aliphatic carbocycles. The Bertz CT molecular complexity index is 361. The summed E-state index contributed by atoms with van der Waals surface area (Å²) in [5.41, 5.74) is 1.34. The van der Waals surface area contributed by atoms with Gasteiger partial charge < -0.3 is 9.64 Å². The third-order valence-electron chi connectivity index (χ3n) is 3.48. The Hall–Kier alpha value is -0.330. The van der Waals surface area contributed by atoms with E-state index in [1.54, 1.807) is 7.11 Å². The Balaban J connectivity index is 1.84. The Labute approximate surface area is 123 Å². The van der Waals surface area contributed by atoms with Crippen molar-refractivity contribution in [3.05, 3.63) is 27.8 Å². The van der Waals surface area contributed by atoms with Crippen molar-refractivity contribution in [2.24, 2.45) is 0 Å². The predicted octanol–water partition coefficient (Wildman–Crippen LogP) is 2.45. The highest BCUT2D eigenvalue weighted by Gasteiger charge is 2.18. The first kappa shape index (κ1) is 14.1. The smallest absolute Gasteiger partial charge is 0.0670 e. The van der Waals surface area contributed by atoms with Crippen LogP contribution < -0.4 is 4.90 Å². The molecule has 0 bridgehead atoms. The van der Waals surface area contributed by atoms with Crippen molar-refractivity contribution in [1.82, 2.24) is 4.90 Å². The van der Waals surface area contributed by atoms with E-state index >= 15 is 0 Å². The molecule has 100 valence electrons. The van der Waals surface area contributed by atoms with Gasteiger partial charge in [-0.15, -0.1) is 0 Å². The molecule has 18 heavy (non-hydrogen) atoms. The summed E-state index contributed by atoms with van der Waals surface area (Å²) in [5.74, 6) is 0. The van der Waals surface area contributed by atoms with E-state index in [0.29, 0.717) is 6.10 Å². The molecule has 0 unspecified atom stereocenters. The molecular formula is C14H21IN2O. The molecule has 4 heteroatoms. The first-order chi connectivity index (χ1) is 8.69. The average molecular weight is 360 g/mol. The van der Waals surface area contributed by atoms with Gasteiger partial charge in [-0.05, 0) is 53.8 Å². The maximum Gasteiger partial charge on any atom is 0.0670 e. The van der Waals surface area contributed by atoms with E-state index in [2.05, 4.69) is 63.6 Å². The van der Waals surface area contributed by atoms with Crippen LogP contribution in [0.15, 0.2) is 24.3 Å². The van der Waals surface area contributed by atoms with Crippen molar-refractivity contribution in [3.8, 4) is 0 Å². The Morgan fingerprint density at radius 3 is 2.33 bits per heavy atom. The number of benzene rings is 1. The predicted molar refractivity (Wildman–Crippen MR) is 84.3 cm³/mol. The Kier molecular flexibility index (Phi) is 5.26. The van der Waals surface area contributed by atoms with E-state index < -0.39 is 0 Å². The van der Waals surface area contributed by atoms with E-state index in [4.69, 9.17) is 4.74 Å². The Morgan fingerprint density at radius 2 is 1.78 bits per heavy atom. The second-order valence-electron chi connectivity index (χ2n) is 4.81. The minimum atomic E-state index is 0.329. The molecule has 2 rings (SSSR count). The average Bonchev–Trinajstić information content (AvgIpc) is 2.40. The van der Waals surface area contributed by atoms with E-state index in [-0.39, 0.29) is 0 Å². The van der Waals surface area contributed by atoms with Crippen LogP contribution in [-0.4, -0.2) is 50.8 Å². The van der Waals surface area contributed by atoms with E-state index in [1.165, 1.54) is 9.26 Å². The van der Waals surface area contributed by atoms with Crippen LogP contribution in [0.1, 0.15) is 6.92 Å². The fourth-order valence-electron chi connectivity index (χ4n) is 2.28. The number of halogens is 1. The van der Waals surface area contributed by atoms with Crippen molar-refractivity contribution >= 4 is 28.3 Å². The highest BCUT2D eigenvalue weighted by atomic mass is 127. The van der Waals surface area contributed by atoms with Crippen molar-refractivity contribution in [2.75, 3.05) is 44.7 Å². The molecular weight excluding hydrogens is 339 g/mol. The second kappa shape index (κ2) is 6.73. The summed E-state index contributed by atoms with van der Waals surface area (Å²) in [6.45, 7) is 7.63. The number of nitrogens with zero attached hydrogens (tertiary/aromatic N) is 2. The van der Waals surface area contributed by atoms with Gasteiger partial charge in [-0.2, -0.15) is 0 Å². The normalized spacial score (nSPS) is 18.9. The molecule has 1 atom stereocenters. The third kappa shape index (κ3) is 3.83. The van der Waals surface area contributed by atoms with Crippen LogP contribution in [0.25, 0.3) is 0 Å². The summed E-state index contributed by atoms with van der Waals surface area (Å²) in [5, 5.41) is 0. The third-order valence-corrected chi connectivity index (χ3v) is 4.20. The molecule has 1 aliphatic heterocycles. The van der Waals surface area contributed by atoms with Gasteiger partial charge in [-0.25, -0.2) is 0 Å². The molecule has 0 radical (unpaired) electrons. The molecule has 1 saturated heterocycles. The highest BCUT2D eigenvalue weighted by molar-refractivity contribution is 14.1. The van der Waals surface area contributed by atoms with Gasteiger partial charge in [-0.1, -0.05) is 0 Å². The number of piperazine rings is 1. The van der Waals surface area contributed by atoms with Gasteiger partial charge in [0, 0.05) is 49.1 Å². The summed E-state index contributed by atoms with van der Waals surface area (Å²) in [6, 6.07) is 8.79. The summed E-state index contributed by atoms with van der Waals surface area (Å²) in [6.07, 6.45) is 0.329. The SMILES string of the molecule is CO[C@H](C)CN1CCN(c2ccc(I)cc2)CC1. The summed E-state index contributed by atoms with van der Waals surface area (Å²) >= 11 is 2.35. The van der Waals surface area contributed by atoms with Crippen molar-refractivity contribution in [3.63, 3.8) is 0 Å². The monoisotopic (exact) mass is 360 g/mol. The molecule has 3 nitrogen and oxygen atoms in total. The number of hydrogen-bond donors (Lipinski definition) is 0. The second-order valence-corrected chi connectivity index (χ2v) is 6.06. The summed E-state index contributed by atoms with van der Waals surface area (Å²) in [4.78, 5) is 4.95. The highest BCUT2D eigenvalue weighted by Crippen LogP contribution is 2.18. The van der Waals surface area contributed by atoms with Crippen LogP contribution in [0.2, 0.25) is 0 Å². The van der Waals surface area contributed by atoms with Crippen LogP contribution in [0, 0.1) is 3.57 Å². The molecule has 0 N–H and O–H groups in total. The zero-order chi connectivity index (χ0) is 13.0. The molecule has 0 saturated carbocycles. The number of rotatable bonds is 4. The molecule has 1 aromatic carbocycles. The summed E-state index contributed by atoms with van der Waals surface area (Å²) in [7, 11) is 1.78. The van der Waals surface area contributed by atoms with Crippen LogP contribution >= 0.6 is 22.6 Å². The van der Waals surface area contributed by atoms with Crippen LogP contribution in [0.3, 0.4) is 0 Å². The number of anilines is 1. The van der Waals surface area contributed by atoms with Crippen molar-refractivity contribution in [2.45, 2.75) is 13.0 Å². The zero-order valence-electron chi connectivity index (χ0n) is 11.1. The number of hydrogen-bond acceptors (Lipinski definition) is 3. The lowest BCUT2D eigenvalue weighted by Gasteiger charge is -2.37. The number of methoxy groups -OCH3 is 1. The lowest BCUT2D eigenvalue weighted by molar-refractivity contribution is 0.0749. The van der Waals surface area contributed by atoms with Gasteiger partial charge in [0.25, 0.3) is 0 Å². The van der Waals surface area contributed by atoms with Gasteiger partial charge in [0.15, 0.2) is 0 Å². The van der Waals surface area contributed by atoms with Gasteiger partial charge in [-0.3, -0.25) is 4.90 Å². The lowest BCUT2D eigenvalue weighted by Crippen LogP contribution is -2.48. The van der Waals surface area contributed by atoms with Gasteiger partial charge in [0.05, 0.1) is 6.10 Å². The zero-order valence-corrected chi connectivity index (χ0v) is 13.3. The summed E-state index contributed by atoms with van der Waals surface area (Å²) < 4.78 is 6.62. The molecule has 0 aromatic heterocycles. The van der Waals surface area contributed by atoms with E-state index in [1.807, 2.05) is 0 Å². The quantitative estimate of drug-likeness (QED) is 0.768. The molecule has 1 heterocycles. The fraction of sp³-hybridized carbons (Fsp3) is 0.571. The van der Waals surface area contributed by atoms with Gasteiger partial charge >= 0.3 is 0 Å². The van der Waals surface area contributed by atoms with E-state index in [0.717, 1.165) is 32.7 Å². The Morgan fingerprint density at radius 1 is 1.17 bits per heavy atom. The molecule has 1 fully saturated rings. The first-order valence-corrected chi connectivity index (χ1v) is 7.52. The fourth-order valence-corrected chi connectivity index (χ4v) is 2.64. The maximum atomic E-state index is 5.32. The first-order valence-electron chi connectivity index (χ1n) is 6.44. The minimum Gasteiger partial charge on any atom is -0.380 e. The minimum absolute atomic E-state index is 0.329. The topological polar surface area (TPSA) is 15.7 Å². The van der Waals surface area contributed by atoms with Crippen molar-refractivity contribution in [1.29, 1.82) is 0 Å². The largest absolute Gasteiger partial charge is 0.380 e. The molecule has 1 aromatic rings. The number of ether oxygens (including phenoxy) is 1. The molecule has 1 aliphatic rings. The maximum absolute atomic E-state index is 5.32. The van der Waals surface area contributed by atoms with E-state index in [9.17, 15) is 0 Å². The molecule has 0 spiro atoms. The van der Waals surface area contributed by atoms with Crippen molar-refractivity contribution < 1.29 is 4.74 Å².